The smallest absolute Gasteiger partial charge is 0.0211 e. The molecule has 0 spiro atoms. The predicted octanol–water partition coefficient (Wildman–Crippen LogP) is 4.30. The Hall–Kier alpha value is -1.12. The van der Waals surface area contributed by atoms with Gasteiger partial charge in [-0.3, -0.25) is 0 Å². The number of hydrogen-bond acceptors (Lipinski definition) is 1. The SMILES string of the molecule is CCc1ccccc1CNCc1cccc(Br)c1. The summed E-state index contributed by atoms with van der Waals surface area (Å²) in [6.07, 6.45) is 1.09. The molecule has 0 heterocycles. The minimum absolute atomic E-state index is 0.900. The molecule has 1 N–H and O–H groups in total. The van der Waals surface area contributed by atoms with Crippen molar-refractivity contribution in [3.05, 3.63) is 69.7 Å². The molecule has 0 saturated carbocycles. The predicted molar refractivity (Wildman–Crippen MR) is 80.5 cm³/mol. The highest BCUT2D eigenvalue weighted by Crippen LogP contribution is 2.12. The van der Waals surface area contributed by atoms with Crippen LogP contribution in [0.15, 0.2) is 53.0 Å². The highest BCUT2D eigenvalue weighted by molar-refractivity contribution is 9.10. The Morgan fingerprint density at radius 3 is 2.44 bits per heavy atom. The minimum atomic E-state index is 0.900. The van der Waals surface area contributed by atoms with E-state index in [1.807, 2.05) is 0 Å². The molecule has 94 valence electrons. The van der Waals surface area contributed by atoms with Crippen molar-refractivity contribution < 1.29 is 0 Å². The highest BCUT2D eigenvalue weighted by Gasteiger charge is 1.99. The Balaban J connectivity index is 1.92. The lowest BCUT2D eigenvalue weighted by atomic mass is 10.1. The van der Waals surface area contributed by atoms with Gasteiger partial charge < -0.3 is 5.32 Å². The van der Waals surface area contributed by atoms with Crippen molar-refractivity contribution in [2.45, 2.75) is 26.4 Å². The second kappa shape index (κ2) is 6.72. The molecule has 0 aromatic heterocycles. The van der Waals surface area contributed by atoms with E-state index in [-0.39, 0.29) is 0 Å². The van der Waals surface area contributed by atoms with E-state index < -0.39 is 0 Å². The Labute approximate surface area is 117 Å². The second-order valence-electron chi connectivity index (χ2n) is 4.36. The number of halogens is 1. The molecule has 0 aliphatic carbocycles. The Morgan fingerprint density at radius 1 is 0.944 bits per heavy atom. The third-order valence-corrected chi connectivity index (χ3v) is 3.53. The first-order valence-electron chi connectivity index (χ1n) is 6.31. The van der Waals surface area contributed by atoms with Crippen LogP contribution < -0.4 is 5.32 Å². The molecule has 0 aliphatic heterocycles. The van der Waals surface area contributed by atoms with Crippen molar-refractivity contribution in [1.29, 1.82) is 0 Å². The monoisotopic (exact) mass is 303 g/mol. The number of nitrogens with one attached hydrogen (secondary N) is 1. The largest absolute Gasteiger partial charge is 0.309 e. The average Bonchev–Trinajstić information content (AvgIpc) is 2.39. The summed E-state index contributed by atoms with van der Waals surface area (Å²) in [5, 5.41) is 3.50. The van der Waals surface area contributed by atoms with Gasteiger partial charge in [0.05, 0.1) is 0 Å². The van der Waals surface area contributed by atoms with E-state index >= 15 is 0 Å². The summed E-state index contributed by atoms with van der Waals surface area (Å²) in [4.78, 5) is 0. The molecule has 2 aromatic rings. The molecule has 0 saturated heterocycles. The maximum Gasteiger partial charge on any atom is 0.0211 e. The zero-order chi connectivity index (χ0) is 12.8. The molecule has 0 radical (unpaired) electrons. The quantitative estimate of drug-likeness (QED) is 0.868. The first-order valence-corrected chi connectivity index (χ1v) is 7.11. The first kappa shape index (κ1) is 13.3. The summed E-state index contributed by atoms with van der Waals surface area (Å²) < 4.78 is 1.13. The second-order valence-corrected chi connectivity index (χ2v) is 5.27. The van der Waals surface area contributed by atoms with Crippen LogP contribution in [0.3, 0.4) is 0 Å². The maximum absolute atomic E-state index is 3.50. The molecule has 0 fully saturated rings. The first-order chi connectivity index (χ1) is 8.79. The maximum atomic E-state index is 3.50. The topological polar surface area (TPSA) is 12.0 Å². The van der Waals surface area contributed by atoms with Gasteiger partial charge in [-0.2, -0.15) is 0 Å². The average molecular weight is 304 g/mol. The molecular weight excluding hydrogens is 286 g/mol. The van der Waals surface area contributed by atoms with Gasteiger partial charge in [0.2, 0.25) is 0 Å². The van der Waals surface area contributed by atoms with Crippen LogP contribution in [0.2, 0.25) is 0 Å². The van der Waals surface area contributed by atoms with E-state index in [1.165, 1.54) is 16.7 Å². The fourth-order valence-corrected chi connectivity index (χ4v) is 2.51. The van der Waals surface area contributed by atoms with Crippen LogP contribution in [0.4, 0.5) is 0 Å². The zero-order valence-electron chi connectivity index (χ0n) is 10.6. The molecule has 0 aliphatic rings. The third-order valence-electron chi connectivity index (χ3n) is 3.03. The van der Waals surface area contributed by atoms with E-state index in [0.717, 1.165) is 24.0 Å². The zero-order valence-corrected chi connectivity index (χ0v) is 12.2. The number of hydrogen-bond donors (Lipinski definition) is 1. The summed E-state index contributed by atoms with van der Waals surface area (Å²) in [6, 6.07) is 17.0. The molecule has 1 nitrogen and oxygen atoms in total. The van der Waals surface area contributed by atoms with Gasteiger partial charge in [-0.1, -0.05) is 59.3 Å². The summed E-state index contributed by atoms with van der Waals surface area (Å²) >= 11 is 3.49. The van der Waals surface area contributed by atoms with E-state index in [4.69, 9.17) is 0 Å². The van der Waals surface area contributed by atoms with Gasteiger partial charge in [-0.05, 0) is 35.2 Å². The molecule has 0 atom stereocenters. The van der Waals surface area contributed by atoms with Crippen LogP contribution in [-0.4, -0.2) is 0 Å². The van der Waals surface area contributed by atoms with Crippen LogP contribution in [0, 0.1) is 0 Å². The fourth-order valence-electron chi connectivity index (χ4n) is 2.06. The van der Waals surface area contributed by atoms with Gasteiger partial charge in [-0.15, -0.1) is 0 Å². The van der Waals surface area contributed by atoms with Gasteiger partial charge in [0.25, 0.3) is 0 Å². The summed E-state index contributed by atoms with van der Waals surface area (Å²) in [6.45, 7) is 4.03. The van der Waals surface area contributed by atoms with Gasteiger partial charge >= 0.3 is 0 Å². The molecule has 0 bridgehead atoms. The Morgan fingerprint density at radius 2 is 1.72 bits per heavy atom. The van der Waals surface area contributed by atoms with Crippen molar-refractivity contribution in [3.8, 4) is 0 Å². The Kier molecular flexibility index (Phi) is 4.97. The Bertz CT molecular complexity index is 508. The molecule has 2 rings (SSSR count). The van der Waals surface area contributed by atoms with Gasteiger partial charge in [0.1, 0.15) is 0 Å². The molecule has 18 heavy (non-hydrogen) atoms. The van der Waals surface area contributed by atoms with Crippen molar-refractivity contribution in [2.24, 2.45) is 0 Å². The molecule has 2 heteroatoms. The highest BCUT2D eigenvalue weighted by atomic mass is 79.9. The van der Waals surface area contributed by atoms with Crippen molar-refractivity contribution in [3.63, 3.8) is 0 Å². The minimum Gasteiger partial charge on any atom is -0.309 e. The van der Waals surface area contributed by atoms with Crippen LogP contribution >= 0.6 is 15.9 Å². The number of aryl methyl sites for hydroxylation is 1. The van der Waals surface area contributed by atoms with E-state index in [2.05, 4.69) is 76.7 Å². The molecule has 2 aromatic carbocycles. The lowest BCUT2D eigenvalue weighted by Gasteiger charge is -2.09. The van der Waals surface area contributed by atoms with Crippen LogP contribution in [0.25, 0.3) is 0 Å². The van der Waals surface area contributed by atoms with Crippen molar-refractivity contribution in [2.75, 3.05) is 0 Å². The number of benzene rings is 2. The van der Waals surface area contributed by atoms with Crippen molar-refractivity contribution in [1.82, 2.24) is 5.32 Å². The lowest BCUT2D eigenvalue weighted by molar-refractivity contribution is 0.688. The van der Waals surface area contributed by atoms with Gasteiger partial charge in [-0.25, -0.2) is 0 Å². The van der Waals surface area contributed by atoms with Gasteiger partial charge in [0, 0.05) is 17.6 Å². The molecular formula is C16H18BrN. The summed E-state index contributed by atoms with van der Waals surface area (Å²) in [7, 11) is 0. The van der Waals surface area contributed by atoms with Crippen LogP contribution in [0.1, 0.15) is 23.6 Å². The van der Waals surface area contributed by atoms with Crippen LogP contribution in [0.5, 0.6) is 0 Å². The standard InChI is InChI=1S/C16H18BrN/c1-2-14-7-3-4-8-15(14)12-18-11-13-6-5-9-16(17)10-13/h3-10,18H,2,11-12H2,1H3. The van der Waals surface area contributed by atoms with Crippen molar-refractivity contribution >= 4 is 15.9 Å². The normalized spacial score (nSPS) is 10.6. The van der Waals surface area contributed by atoms with E-state index in [0.29, 0.717) is 0 Å². The van der Waals surface area contributed by atoms with E-state index in [9.17, 15) is 0 Å². The van der Waals surface area contributed by atoms with Crippen LogP contribution in [-0.2, 0) is 19.5 Å². The third kappa shape index (κ3) is 3.69. The summed E-state index contributed by atoms with van der Waals surface area (Å²) in [5.74, 6) is 0. The lowest BCUT2D eigenvalue weighted by Crippen LogP contribution is -2.13. The molecule has 0 unspecified atom stereocenters. The fraction of sp³-hybridized carbons (Fsp3) is 0.250. The van der Waals surface area contributed by atoms with E-state index in [1.54, 1.807) is 0 Å². The number of rotatable bonds is 5. The molecule has 0 amide bonds. The van der Waals surface area contributed by atoms with Gasteiger partial charge in [0.15, 0.2) is 0 Å². The summed E-state index contributed by atoms with van der Waals surface area (Å²) in [5.41, 5.74) is 4.13.